The van der Waals surface area contributed by atoms with Gasteiger partial charge in [0.05, 0.1) is 6.61 Å². The fourth-order valence-corrected chi connectivity index (χ4v) is 1.14. The molecule has 0 unspecified atom stereocenters. The largest absolute Gasteiger partial charge is 0.328 e. The first-order valence-corrected chi connectivity index (χ1v) is 5.24. The lowest BCUT2D eigenvalue weighted by Crippen LogP contribution is -1.88. The molecular weight excluding hydrogens is 163 g/mol. The third kappa shape index (κ3) is 10.3. The SMILES string of the molecule is CCCCCCCOP(O)O. The molecule has 68 valence electrons. The maximum atomic E-state index is 8.35. The second kappa shape index (κ2) is 8.41. The predicted octanol–water partition coefficient (Wildman–Crippen LogP) is 2.18. The molecule has 3 nitrogen and oxygen atoms in total. The molecule has 0 spiro atoms. The van der Waals surface area contributed by atoms with Crippen molar-refractivity contribution in [1.29, 1.82) is 0 Å². The van der Waals surface area contributed by atoms with Gasteiger partial charge in [0, 0.05) is 0 Å². The molecule has 0 aromatic carbocycles. The van der Waals surface area contributed by atoms with Crippen LogP contribution in [0.3, 0.4) is 0 Å². The van der Waals surface area contributed by atoms with Crippen molar-refractivity contribution < 1.29 is 14.3 Å². The summed E-state index contributed by atoms with van der Waals surface area (Å²) >= 11 is 0. The van der Waals surface area contributed by atoms with Gasteiger partial charge in [-0.2, -0.15) is 0 Å². The van der Waals surface area contributed by atoms with Crippen LogP contribution >= 0.6 is 8.60 Å². The zero-order valence-electron chi connectivity index (χ0n) is 6.99. The maximum Gasteiger partial charge on any atom is 0.327 e. The van der Waals surface area contributed by atoms with Crippen molar-refractivity contribution in [3.05, 3.63) is 0 Å². The van der Waals surface area contributed by atoms with Gasteiger partial charge in [0.15, 0.2) is 0 Å². The summed E-state index contributed by atoms with van der Waals surface area (Å²) in [6.45, 7) is 2.64. The minimum absolute atomic E-state index is 0.475. The van der Waals surface area contributed by atoms with Crippen molar-refractivity contribution in [3.63, 3.8) is 0 Å². The molecule has 0 aromatic rings. The Bertz CT molecular complexity index is 78.1. The normalized spacial score (nSPS) is 10.9. The van der Waals surface area contributed by atoms with Crippen LogP contribution in [0.5, 0.6) is 0 Å². The van der Waals surface area contributed by atoms with E-state index in [-0.39, 0.29) is 0 Å². The van der Waals surface area contributed by atoms with Gasteiger partial charge in [-0.1, -0.05) is 32.6 Å². The average molecular weight is 180 g/mol. The van der Waals surface area contributed by atoms with E-state index in [9.17, 15) is 0 Å². The third-order valence-electron chi connectivity index (χ3n) is 1.45. The first-order chi connectivity index (χ1) is 5.27. The van der Waals surface area contributed by atoms with Gasteiger partial charge in [0.1, 0.15) is 0 Å². The van der Waals surface area contributed by atoms with Gasteiger partial charge in [-0.3, -0.25) is 0 Å². The summed E-state index contributed by atoms with van der Waals surface area (Å²) in [5.74, 6) is 0. The Morgan fingerprint density at radius 1 is 1.09 bits per heavy atom. The number of rotatable bonds is 7. The van der Waals surface area contributed by atoms with Crippen LogP contribution in [0.2, 0.25) is 0 Å². The van der Waals surface area contributed by atoms with E-state index in [1.165, 1.54) is 19.3 Å². The highest BCUT2D eigenvalue weighted by atomic mass is 31.2. The molecule has 0 saturated carbocycles. The molecule has 2 N–H and O–H groups in total. The zero-order valence-corrected chi connectivity index (χ0v) is 7.89. The molecule has 0 radical (unpaired) electrons. The van der Waals surface area contributed by atoms with E-state index in [4.69, 9.17) is 9.79 Å². The smallest absolute Gasteiger partial charge is 0.327 e. The van der Waals surface area contributed by atoms with Crippen molar-refractivity contribution in [3.8, 4) is 0 Å². The van der Waals surface area contributed by atoms with Crippen LogP contribution in [0.15, 0.2) is 0 Å². The lowest BCUT2D eigenvalue weighted by Gasteiger charge is -2.02. The molecule has 0 rings (SSSR count). The molecule has 0 aliphatic heterocycles. The average Bonchev–Trinajstić information content (AvgIpc) is 1.96. The van der Waals surface area contributed by atoms with Crippen molar-refractivity contribution in [2.45, 2.75) is 39.0 Å². The molecule has 0 bridgehead atoms. The standard InChI is InChI=1S/C7H17O3P/c1-2-3-4-5-6-7-10-11(8)9/h8-9H,2-7H2,1H3. The van der Waals surface area contributed by atoms with E-state index in [0.717, 1.165) is 12.8 Å². The highest BCUT2D eigenvalue weighted by Crippen LogP contribution is 2.24. The van der Waals surface area contributed by atoms with Gasteiger partial charge in [0.25, 0.3) is 0 Å². The quantitative estimate of drug-likeness (QED) is 0.466. The van der Waals surface area contributed by atoms with E-state index < -0.39 is 8.60 Å². The minimum atomic E-state index is -2.12. The van der Waals surface area contributed by atoms with E-state index >= 15 is 0 Å². The van der Waals surface area contributed by atoms with Crippen LogP contribution in [0.1, 0.15) is 39.0 Å². The molecule has 0 aromatic heterocycles. The monoisotopic (exact) mass is 180 g/mol. The Labute approximate surface area is 69.4 Å². The zero-order chi connectivity index (χ0) is 8.53. The van der Waals surface area contributed by atoms with Crippen LogP contribution in [0.4, 0.5) is 0 Å². The first-order valence-electron chi connectivity index (χ1n) is 4.08. The van der Waals surface area contributed by atoms with Gasteiger partial charge in [-0.05, 0) is 6.42 Å². The Kier molecular flexibility index (Phi) is 8.64. The first kappa shape index (κ1) is 11.3. The van der Waals surface area contributed by atoms with Crippen LogP contribution in [-0.2, 0) is 4.52 Å². The Balaban J connectivity index is 2.80. The molecule has 0 atom stereocenters. The molecule has 0 heterocycles. The summed E-state index contributed by atoms with van der Waals surface area (Å²) < 4.78 is 4.60. The van der Waals surface area contributed by atoms with Gasteiger partial charge < -0.3 is 14.3 Å². The second-order valence-corrected chi connectivity index (χ2v) is 3.26. The number of hydrogen-bond donors (Lipinski definition) is 2. The number of hydrogen-bond acceptors (Lipinski definition) is 3. The van der Waals surface area contributed by atoms with Gasteiger partial charge in [-0.25, -0.2) is 0 Å². The summed E-state index contributed by atoms with van der Waals surface area (Å²) in [7, 11) is -2.12. The summed E-state index contributed by atoms with van der Waals surface area (Å²) in [5.41, 5.74) is 0. The molecule has 0 aliphatic carbocycles. The molecule has 0 amide bonds. The lowest BCUT2D eigenvalue weighted by molar-refractivity contribution is 0.248. The third-order valence-corrected chi connectivity index (χ3v) is 1.87. The maximum absolute atomic E-state index is 8.35. The topological polar surface area (TPSA) is 49.7 Å². The second-order valence-electron chi connectivity index (χ2n) is 2.50. The van der Waals surface area contributed by atoms with E-state index in [2.05, 4.69) is 11.4 Å². The van der Waals surface area contributed by atoms with Gasteiger partial charge >= 0.3 is 8.60 Å². The molecule has 4 heteroatoms. The van der Waals surface area contributed by atoms with Crippen molar-refractivity contribution >= 4 is 8.60 Å². The molecule has 0 aliphatic rings. The van der Waals surface area contributed by atoms with E-state index in [0.29, 0.717) is 6.61 Å². The lowest BCUT2D eigenvalue weighted by atomic mass is 10.2. The summed E-state index contributed by atoms with van der Waals surface area (Å²) in [4.78, 5) is 16.7. The predicted molar refractivity (Wildman–Crippen MR) is 46.1 cm³/mol. The molecule has 11 heavy (non-hydrogen) atoms. The molecule has 0 saturated heterocycles. The van der Waals surface area contributed by atoms with Crippen molar-refractivity contribution in [2.24, 2.45) is 0 Å². The van der Waals surface area contributed by atoms with E-state index in [1.807, 2.05) is 0 Å². The van der Waals surface area contributed by atoms with Crippen molar-refractivity contribution in [1.82, 2.24) is 0 Å². The van der Waals surface area contributed by atoms with E-state index in [1.54, 1.807) is 0 Å². The highest BCUT2D eigenvalue weighted by Gasteiger charge is 1.96. The Morgan fingerprint density at radius 2 is 1.73 bits per heavy atom. The van der Waals surface area contributed by atoms with Crippen LogP contribution in [0.25, 0.3) is 0 Å². The Hall–Kier alpha value is 0.310. The van der Waals surface area contributed by atoms with Gasteiger partial charge in [0.2, 0.25) is 0 Å². The molecular formula is C7H17O3P. The Morgan fingerprint density at radius 3 is 2.27 bits per heavy atom. The summed E-state index contributed by atoms with van der Waals surface area (Å²) in [5, 5.41) is 0. The highest BCUT2D eigenvalue weighted by molar-refractivity contribution is 7.39. The van der Waals surface area contributed by atoms with Gasteiger partial charge in [-0.15, -0.1) is 0 Å². The van der Waals surface area contributed by atoms with Crippen LogP contribution in [0, 0.1) is 0 Å². The molecule has 0 fully saturated rings. The fourth-order valence-electron chi connectivity index (χ4n) is 0.852. The fraction of sp³-hybridized carbons (Fsp3) is 1.00. The summed E-state index contributed by atoms with van der Waals surface area (Å²) in [6, 6.07) is 0. The minimum Gasteiger partial charge on any atom is -0.328 e. The van der Waals surface area contributed by atoms with Crippen LogP contribution < -0.4 is 0 Å². The number of unbranched alkanes of at least 4 members (excludes halogenated alkanes) is 4. The summed E-state index contributed by atoms with van der Waals surface area (Å²) in [6.07, 6.45) is 5.76. The van der Waals surface area contributed by atoms with Crippen LogP contribution in [-0.4, -0.2) is 16.4 Å². The van der Waals surface area contributed by atoms with Crippen molar-refractivity contribution in [2.75, 3.05) is 6.61 Å².